The second kappa shape index (κ2) is 7.36. The number of benzene rings is 3. The summed E-state index contributed by atoms with van der Waals surface area (Å²) >= 11 is 0. The predicted octanol–water partition coefficient (Wildman–Crippen LogP) is 5.08. The minimum absolute atomic E-state index is 0.775. The molecule has 1 fully saturated rings. The van der Waals surface area contributed by atoms with Crippen LogP contribution in [0, 0.1) is 0 Å². The average Bonchev–Trinajstić information content (AvgIpc) is 3.15. The van der Waals surface area contributed by atoms with E-state index in [0.29, 0.717) is 0 Å². The summed E-state index contributed by atoms with van der Waals surface area (Å²) in [4.78, 5) is 5.24. The molecule has 1 saturated heterocycles. The Kier molecular flexibility index (Phi) is 4.59. The van der Waals surface area contributed by atoms with E-state index in [2.05, 4.69) is 76.5 Å². The number of hydrogen-bond donors (Lipinski definition) is 0. The van der Waals surface area contributed by atoms with E-state index in [-0.39, 0.29) is 0 Å². The van der Waals surface area contributed by atoms with Crippen LogP contribution in [0.2, 0.25) is 0 Å². The van der Waals surface area contributed by atoms with Gasteiger partial charge in [-0.2, -0.15) is 0 Å². The van der Waals surface area contributed by atoms with Gasteiger partial charge in [0.1, 0.15) is 0 Å². The molecule has 2 heteroatoms. The summed E-state index contributed by atoms with van der Waals surface area (Å²) in [5.74, 6) is 0.775. The number of anilines is 1. The number of rotatable bonds is 4. The second-order valence-electron chi connectivity index (χ2n) is 8.05. The zero-order chi connectivity index (χ0) is 18.1. The Labute approximate surface area is 162 Å². The SMILES string of the molecule is c1ccc2c(c1)CCC2CCN1CCN(c2cccc3ccccc23)CC1. The highest BCUT2D eigenvalue weighted by molar-refractivity contribution is 5.94. The summed E-state index contributed by atoms with van der Waals surface area (Å²) in [5.41, 5.74) is 4.60. The summed E-state index contributed by atoms with van der Waals surface area (Å²) < 4.78 is 0. The highest BCUT2D eigenvalue weighted by atomic mass is 15.3. The van der Waals surface area contributed by atoms with Crippen molar-refractivity contribution in [2.75, 3.05) is 37.6 Å². The van der Waals surface area contributed by atoms with Gasteiger partial charge < -0.3 is 4.90 Å². The van der Waals surface area contributed by atoms with E-state index in [1.54, 1.807) is 11.1 Å². The molecule has 3 aromatic rings. The molecule has 27 heavy (non-hydrogen) atoms. The van der Waals surface area contributed by atoms with E-state index in [1.807, 2.05) is 0 Å². The zero-order valence-corrected chi connectivity index (χ0v) is 16.0. The molecule has 0 bridgehead atoms. The van der Waals surface area contributed by atoms with Crippen molar-refractivity contribution in [2.45, 2.75) is 25.2 Å². The molecule has 0 aromatic heterocycles. The molecule has 2 aliphatic rings. The zero-order valence-electron chi connectivity index (χ0n) is 16.0. The van der Waals surface area contributed by atoms with Gasteiger partial charge in [0, 0.05) is 37.3 Å². The van der Waals surface area contributed by atoms with Crippen molar-refractivity contribution >= 4 is 16.5 Å². The van der Waals surface area contributed by atoms with Gasteiger partial charge in [0.25, 0.3) is 0 Å². The van der Waals surface area contributed by atoms with Gasteiger partial charge >= 0.3 is 0 Å². The van der Waals surface area contributed by atoms with Crippen LogP contribution in [0.3, 0.4) is 0 Å². The number of fused-ring (bicyclic) bond motifs is 2. The van der Waals surface area contributed by atoms with Crippen molar-refractivity contribution in [1.29, 1.82) is 0 Å². The van der Waals surface area contributed by atoms with E-state index in [0.717, 1.165) is 19.0 Å². The van der Waals surface area contributed by atoms with Gasteiger partial charge in [0.2, 0.25) is 0 Å². The molecule has 0 radical (unpaired) electrons. The lowest BCUT2D eigenvalue weighted by Crippen LogP contribution is -2.46. The van der Waals surface area contributed by atoms with Gasteiger partial charge in [-0.1, -0.05) is 60.7 Å². The first-order chi connectivity index (χ1) is 13.4. The minimum Gasteiger partial charge on any atom is -0.368 e. The molecule has 0 N–H and O–H groups in total. The van der Waals surface area contributed by atoms with Crippen LogP contribution < -0.4 is 4.90 Å². The molecule has 2 nitrogen and oxygen atoms in total. The van der Waals surface area contributed by atoms with Gasteiger partial charge in [-0.25, -0.2) is 0 Å². The fourth-order valence-corrected chi connectivity index (χ4v) is 4.98. The molecular formula is C25H28N2. The standard InChI is InChI=1S/C25H28N2/c1-3-9-23-21(7-1)12-13-22(23)14-15-26-16-18-27(19-17-26)25-11-5-8-20-6-2-4-10-24(20)25/h1-11,22H,12-19H2. The van der Waals surface area contributed by atoms with Crippen molar-refractivity contribution in [3.05, 3.63) is 77.9 Å². The van der Waals surface area contributed by atoms with Crippen LogP contribution in [0.25, 0.3) is 10.8 Å². The van der Waals surface area contributed by atoms with Gasteiger partial charge in [-0.05, 0) is 54.3 Å². The quantitative estimate of drug-likeness (QED) is 0.643. The van der Waals surface area contributed by atoms with Crippen LogP contribution in [-0.4, -0.2) is 37.6 Å². The lowest BCUT2D eigenvalue weighted by molar-refractivity contribution is 0.248. The van der Waals surface area contributed by atoms with Crippen LogP contribution in [0.4, 0.5) is 5.69 Å². The molecule has 0 saturated carbocycles. The Balaban J connectivity index is 1.20. The lowest BCUT2D eigenvalue weighted by Gasteiger charge is -2.37. The summed E-state index contributed by atoms with van der Waals surface area (Å²) in [6.07, 6.45) is 3.93. The molecule has 1 aliphatic heterocycles. The largest absolute Gasteiger partial charge is 0.368 e. The summed E-state index contributed by atoms with van der Waals surface area (Å²) in [7, 11) is 0. The third-order valence-electron chi connectivity index (χ3n) is 6.53. The molecule has 0 amide bonds. The average molecular weight is 357 g/mol. The molecule has 1 aliphatic carbocycles. The Morgan fingerprint density at radius 2 is 1.56 bits per heavy atom. The van der Waals surface area contributed by atoms with E-state index < -0.39 is 0 Å². The number of piperazine rings is 1. The van der Waals surface area contributed by atoms with Crippen molar-refractivity contribution in [3.8, 4) is 0 Å². The van der Waals surface area contributed by atoms with E-state index in [4.69, 9.17) is 0 Å². The maximum Gasteiger partial charge on any atom is 0.0446 e. The molecule has 0 spiro atoms. The molecule has 1 atom stereocenters. The topological polar surface area (TPSA) is 6.48 Å². The number of hydrogen-bond acceptors (Lipinski definition) is 2. The monoisotopic (exact) mass is 356 g/mol. The third-order valence-corrected chi connectivity index (χ3v) is 6.53. The molecule has 1 unspecified atom stereocenters. The first-order valence-electron chi connectivity index (χ1n) is 10.4. The number of aryl methyl sites for hydroxylation is 1. The van der Waals surface area contributed by atoms with Crippen LogP contribution in [0.5, 0.6) is 0 Å². The van der Waals surface area contributed by atoms with Crippen LogP contribution in [0.1, 0.15) is 29.9 Å². The number of nitrogens with zero attached hydrogens (tertiary/aromatic N) is 2. The second-order valence-corrected chi connectivity index (χ2v) is 8.05. The normalized spacial score (nSPS) is 20.1. The smallest absolute Gasteiger partial charge is 0.0446 e. The maximum absolute atomic E-state index is 2.67. The first kappa shape index (κ1) is 16.8. The molecular weight excluding hydrogens is 328 g/mol. The summed E-state index contributed by atoms with van der Waals surface area (Å²) in [6, 6.07) is 24.5. The third kappa shape index (κ3) is 3.35. The molecule has 1 heterocycles. The van der Waals surface area contributed by atoms with Gasteiger partial charge in [-0.15, -0.1) is 0 Å². The highest BCUT2D eigenvalue weighted by Gasteiger charge is 2.24. The van der Waals surface area contributed by atoms with Crippen LogP contribution in [0.15, 0.2) is 66.7 Å². The van der Waals surface area contributed by atoms with Gasteiger partial charge in [0.05, 0.1) is 0 Å². The van der Waals surface area contributed by atoms with E-state index in [9.17, 15) is 0 Å². The summed E-state index contributed by atoms with van der Waals surface area (Å²) in [6.45, 7) is 5.86. The van der Waals surface area contributed by atoms with E-state index >= 15 is 0 Å². The van der Waals surface area contributed by atoms with Crippen molar-refractivity contribution in [2.24, 2.45) is 0 Å². The van der Waals surface area contributed by atoms with E-state index in [1.165, 1.54) is 55.4 Å². The Morgan fingerprint density at radius 1 is 0.778 bits per heavy atom. The first-order valence-corrected chi connectivity index (χ1v) is 10.4. The van der Waals surface area contributed by atoms with Crippen LogP contribution in [-0.2, 0) is 6.42 Å². The van der Waals surface area contributed by atoms with Gasteiger partial charge in [0.15, 0.2) is 0 Å². The maximum atomic E-state index is 2.67. The minimum atomic E-state index is 0.775. The fraction of sp³-hybridized carbons (Fsp3) is 0.360. The highest BCUT2D eigenvalue weighted by Crippen LogP contribution is 2.35. The van der Waals surface area contributed by atoms with Crippen molar-refractivity contribution < 1.29 is 0 Å². The molecule has 3 aromatic carbocycles. The summed E-state index contributed by atoms with van der Waals surface area (Å²) in [5, 5.41) is 2.73. The Morgan fingerprint density at radius 3 is 2.48 bits per heavy atom. The Hall–Kier alpha value is -2.32. The molecule has 5 rings (SSSR count). The Bertz CT molecular complexity index is 919. The van der Waals surface area contributed by atoms with Crippen molar-refractivity contribution in [3.63, 3.8) is 0 Å². The predicted molar refractivity (Wildman–Crippen MR) is 115 cm³/mol. The van der Waals surface area contributed by atoms with Crippen molar-refractivity contribution in [1.82, 2.24) is 4.90 Å². The van der Waals surface area contributed by atoms with Crippen LogP contribution >= 0.6 is 0 Å². The van der Waals surface area contributed by atoms with Gasteiger partial charge in [-0.3, -0.25) is 4.90 Å². The lowest BCUT2D eigenvalue weighted by atomic mass is 9.97. The fourth-order valence-electron chi connectivity index (χ4n) is 4.98. The molecule has 138 valence electrons.